The predicted molar refractivity (Wildman–Crippen MR) is 83.9 cm³/mol. The van der Waals surface area contributed by atoms with Crippen LogP contribution in [0.2, 0.25) is 0 Å². The van der Waals surface area contributed by atoms with Gasteiger partial charge in [-0.3, -0.25) is 0 Å². The average molecular weight is 327 g/mol. The molecule has 0 saturated carbocycles. The SMILES string of the molecule is Oc1ccc2ccccc2c1N=Nc1ccccc1Br. The van der Waals surface area contributed by atoms with Gasteiger partial charge in [0.05, 0.1) is 5.69 Å². The molecule has 0 aliphatic carbocycles. The summed E-state index contributed by atoms with van der Waals surface area (Å²) in [6, 6.07) is 18.8. The molecule has 0 unspecified atom stereocenters. The lowest BCUT2D eigenvalue weighted by atomic mass is 10.1. The maximum atomic E-state index is 9.99. The number of phenols is 1. The quantitative estimate of drug-likeness (QED) is 0.601. The number of aromatic hydroxyl groups is 1. The van der Waals surface area contributed by atoms with E-state index in [-0.39, 0.29) is 5.75 Å². The van der Waals surface area contributed by atoms with Gasteiger partial charge < -0.3 is 5.11 Å². The van der Waals surface area contributed by atoms with Crippen molar-refractivity contribution in [2.75, 3.05) is 0 Å². The van der Waals surface area contributed by atoms with E-state index >= 15 is 0 Å². The van der Waals surface area contributed by atoms with Crippen LogP contribution in [0.15, 0.2) is 75.4 Å². The summed E-state index contributed by atoms with van der Waals surface area (Å²) in [6.45, 7) is 0. The molecule has 0 radical (unpaired) electrons. The van der Waals surface area contributed by atoms with E-state index in [0.717, 1.165) is 20.9 Å². The molecule has 0 bridgehead atoms. The van der Waals surface area contributed by atoms with Gasteiger partial charge in [-0.2, -0.15) is 0 Å². The number of halogens is 1. The van der Waals surface area contributed by atoms with E-state index in [9.17, 15) is 5.11 Å². The fraction of sp³-hybridized carbons (Fsp3) is 0. The Labute approximate surface area is 124 Å². The Hall–Kier alpha value is -2.20. The number of benzene rings is 3. The molecule has 0 heterocycles. The standard InChI is InChI=1S/C16H11BrN2O/c17-13-7-3-4-8-14(13)18-19-16-12-6-2-1-5-11(12)9-10-15(16)20/h1-10,20H. The smallest absolute Gasteiger partial charge is 0.143 e. The summed E-state index contributed by atoms with van der Waals surface area (Å²) in [5.41, 5.74) is 1.21. The van der Waals surface area contributed by atoms with E-state index in [1.54, 1.807) is 6.07 Å². The molecular formula is C16H11BrN2O. The maximum absolute atomic E-state index is 9.99. The van der Waals surface area contributed by atoms with Gasteiger partial charge in [0.2, 0.25) is 0 Å². The molecule has 20 heavy (non-hydrogen) atoms. The molecular weight excluding hydrogens is 316 g/mol. The number of hydrogen-bond donors (Lipinski definition) is 1. The molecule has 0 fully saturated rings. The van der Waals surface area contributed by atoms with Crippen molar-refractivity contribution in [1.29, 1.82) is 0 Å². The first-order chi connectivity index (χ1) is 9.75. The van der Waals surface area contributed by atoms with Gasteiger partial charge in [0, 0.05) is 9.86 Å². The maximum Gasteiger partial charge on any atom is 0.143 e. The summed E-state index contributed by atoms with van der Waals surface area (Å²) in [5.74, 6) is 0.125. The molecule has 98 valence electrons. The summed E-state index contributed by atoms with van der Waals surface area (Å²) < 4.78 is 0.864. The zero-order chi connectivity index (χ0) is 13.9. The highest BCUT2D eigenvalue weighted by Crippen LogP contribution is 2.36. The molecule has 4 heteroatoms. The van der Waals surface area contributed by atoms with E-state index in [2.05, 4.69) is 26.2 Å². The second-order valence-electron chi connectivity index (χ2n) is 4.31. The van der Waals surface area contributed by atoms with Crippen molar-refractivity contribution in [2.45, 2.75) is 0 Å². The summed E-state index contributed by atoms with van der Waals surface area (Å²) in [4.78, 5) is 0. The molecule has 0 amide bonds. The van der Waals surface area contributed by atoms with Crippen molar-refractivity contribution in [3.05, 3.63) is 65.1 Å². The Morgan fingerprint density at radius 3 is 2.40 bits per heavy atom. The summed E-state index contributed by atoms with van der Waals surface area (Å²) in [7, 11) is 0. The molecule has 3 rings (SSSR count). The van der Waals surface area contributed by atoms with E-state index in [4.69, 9.17) is 0 Å². The van der Waals surface area contributed by atoms with Crippen LogP contribution in [0.3, 0.4) is 0 Å². The minimum Gasteiger partial charge on any atom is -0.506 e. The molecule has 3 aromatic rings. The molecule has 0 aromatic heterocycles. The molecule has 0 atom stereocenters. The summed E-state index contributed by atoms with van der Waals surface area (Å²) in [5, 5.41) is 20.3. The Morgan fingerprint density at radius 1 is 0.800 bits per heavy atom. The lowest BCUT2D eigenvalue weighted by molar-refractivity contribution is 0.477. The van der Waals surface area contributed by atoms with Crippen molar-refractivity contribution in [3.8, 4) is 5.75 Å². The van der Waals surface area contributed by atoms with Crippen molar-refractivity contribution in [1.82, 2.24) is 0 Å². The summed E-state index contributed by atoms with van der Waals surface area (Å²) >= 11 is 3.42. The third kappa shape index (κ3) is 2.42. The van der Waals surface area contributed by atoms with E-state index in [1.807, 2.05) is 54.6 Å². The van der Waals surface area contributed by atoms with E-state index in [0.29, 0.717) is 5.69 Å². The first kappa shape index (κ1) is 12.8. The summed E-state index contributed by atoms with van der Waals surface area (Å²) in [6.07, 6.45) is 0. The van der Waals surface area contributed by atoms with Crippen LogP contribution in [0.25, 0.3) is 10.8 Å². The molecule has 0 saturated heterocycles. The highest BCUT2D eigenvalue weighted by molar-refractivity contribution is 9.10. The lowest BCUT2D eigenvalue weighted by Gasteiger charge is -2.03. The second kappa shape index (κ2) is 5.43. The van der Waals surface area contributed by atoms with Gasteiger partial charge in [0.25, 0.3) is 0 Å². The normalized spacial score (nSPS) is 11.2. The monoisotopic (exact) mass is 326 g/mol. The number of nitrogens with zero attached hydrogens (tertiary/aromatic N) is 2. The molecule has 3 aromatic carbocycles. The van der Waals surface area contributed by atoms with Gasteiger partial charge in [-0.15, -0.1) is 10.2 Å². The van der Waals surface area contributed by atoms with E-state index in [1.165, 1.54) is 0 Å². The Kier molecular flexibility index (Phi) is 3.48. The van der Waals surface area contributed by atoms with E-state index < -0.39 is 0 Å². The Balaban J connectivity index is 2.11. The molecule has 1 N–H and O–H groups in total. The minimum atomic E-state index is 0.125. The fourth-order valence-corrected chi connectivity index (χ4v) is 2.35. The number of azo groups is 1. The third-order valence-electron chi connectivity index (χ3n) is 2.99. The largest absolute Gasteiger partial charge is 0.506 e. The van der Waals surface area contributed by atoms with Crippen LogP contribution in [0, 0.1) is 0 Å². The van der Waals surface area contributed by atoms with Crippen molar-refractivity contribution >= 4 is 38.1 Å². The van der Waals surface area contributed by atoms with Gasteiger partial charge in [-0.25, -0.2) is 0 Å². The number of hydrogen-bond acceptors (Lipinski definition) is 3. The van der Waals surface area contributed by atoms with Crippen LogP contribution in [-0.2, 0) is 0 Å². The number of rotatable bonds is 2. The van der Waals surface area contributed by atoms with Gasteiger partial charge >= 0.3 is 0 Å². The Bertz CT molecular complexity index is 799. The lowest BCUT2D eigenvalue weighted by Crippen LogP contribution is -1.75. The van der Waals surface area contributed by atoms with Crippen LogP contribution in [0.5, 0.6) is 5.75 Å². The van der Waals surface area contributed by atoms with Crippen LogP contribution < -0.4 is 0 Å². The van der Waals surface area contributed by atoms with Crippen LogP contribution in [-0.4, -0.2) is 5.11 Å². The average Bonchev–Trinajstić information content (AvgIpc) is 2.48. The molecule has 0 aliphatic heterocycles. The molecule has 0 aliphatic rings. The van der Waals surface area contributed by atoms with Crippen LogP contribution >= 0.6 is 15.9 Å². The fourth-order valence-electron chi connectivity index (χ4n) is 1.99. The third-order valence-corrected chi connectivity index (χ3v) is 3.66. The number of fused-ring (bicyclic) bond motifs is 1. The van der Waals surface area contributed by atoms with Gasteiger partial charge in [-0.1, -0.05) is 42.5 Å². The topological polar surface area (TPSA) is 45.0 Å². The van der Waals surface area contributed by atoms with Gasteiger partial charge in [-0.05, 0) is 39.5 Å². The van der Waals surface area contributed by atoms with Gasteiger partial charge in [0.15, 0.2) is 0 Å². The van der Waals surface area contributed by atoms with Crippen molar-refractivity contribution in [3.63, 3.8) is 0 Å². The zero-order valence-electron chi connectivity index (χ0n) is 10.5. The van der Waals surface area contributed by atoms with Gasteiger partial charge in [0.1, 0.15) is 11.4 Å². The first-order valence-electron chi connectivity index (χ1n) is 6.13. The first-order valence-corrected chi connectivity index (χ1v) is 6.92. The predicted octanol–water partition coefficient (Wildman–Crippen LogP) is 5.72. The Morgan fingerprint density at radius 2 is 1.55 bits per heavy atom. The van der Waals surface area contributed by atoms with Crippen LogP contribution in [0.1, 0.15) is 0 Å². The molecule has 3 nitrogen and oxygen atoms in total. The second-order valence-corrected chi connectivity index (χ2v) is 5.16. The zero-order valence-corrected chi connectivity index (χ0v) is 12.1. The molecule has 0 spiro atoms. The van der Waals surface area contributed by atoms with Crippen molar-refractivity contribution in [2.24, 2.45) is 10.2 Å². The van der Waals surface area contributed by atoms with Crippen molar-refractivity contribution < 1.29 is 5.11 Å². The minimum absolute atomic E-state index is 0.125. The van der Waals surface area contributed by atoms with Crippen LogP contribution in [0.4, 0.5) is 11.4 Å². The highest BCUT2D eigenvalue weighted by atomic mass is 79.9. The number of phenolic OH excluding ortho intramolecular Hbond substituents is 1. The highest BCUT2D eigenvalue weighted by Gasteiger charge is 2.06.